The van der Waals surface area contributed by atoms with Crippen LogP contribution in [0, 0.1) is 0 Å². The summed E-state index contributed by atoms with van der Waals surface area (Å²) in [5.41, 5.74) is 0. The van der Waals surface area contributed by atoms with Crippen molar-refractivity contribution in [3.8, 4) is 0 Å². The van der Waals surface area contributed by atoms with E-state index in [1.54, 1.807) is 0 Å². The molecule has 0 rings (SSSR count). The van der Waals surface area contributed by atoms with E-state index in [9.17, 15) is 22.8 Å². The van der Waals surface area contributed by atoms with Gasteiger partial charge in [0.15, 0.2) is 0 Å². The van der Waals surface area contributed by atoms with E-state index in [0.29, 0.717) is 0 Å². The van der Waals surface area contributed by atoms with Gasteiger partial charge in [-0.05, 0) is 0 Å². The number of amides is 1. The van der Waals surface area contributed by atoms with Gasteiger partial charge in [-0.3, -0.25) is 4.79 Å². The fraction of sp³-hybridized carbons (Fsp3) is 0.667. The molecular weight excluding hydrogens is 207 g/mol. The number of hydrogen-bond donors (Lipinski definition) is 3. The number of hydrogen-bond acceptors (Lipinski definition) is 3. The van der Waals surface area contributed by atoms with Crippen LogP contribution >= 0.6 is 0 Å². The molecule has 5 nitrogen and oxygen atoms in total. The zero-order valence-electron chi connectivity index (χ0n) is 6.84. The van der Waals surface area contributed by atoms with Crippen LogP contribution in [0.4, 0.5) is 13.2 Å². The van der Waals surface area contributed by atoms with Gasteiger partial charge in [0.05, 0.1) is 0 Å². The van der Waals surface area contributed by atoms with E-state index in [4.69, 9.17) is 10.2 Å². The molecule has 0 spiro atoms. The smallest absolute Gasteiger partial charge is 0.471 e. The number of aliphatic hydroxyl groups excluding tert-OH is 1. The van der Waals surface area contributed by atoms with E-state index in [1.807, 2.05) is 0 Å². The minimum absolute atomic E-state index is 0.475. The van der Waals surface area contributed by atoms with Crippen LogP contribution in [0.3, 0.4) is 0 Å². The molecule has 0 radical (unpaired) electrons. The predicted molar refractivity (Wildman–Crippen MR) is 37.3 cm³/mol. The van der Waals surface area contributed by atoms with E-state index < -0.39 is 37.1 Å². The molecule has 0 aromatic heterocycles. The third kappa shape index (κ3) is 4.08. The molecule has 3 N–H and O–H groups in total. The maximum atomic E-state index is 11.6. The molecule has 0 unspecified atom stereocenters. The first kappa shape index (κ1) is 12.7. The second kappa shape index (κ2) is 4.80. The van der Waals surface area contributed by atoms with Crippen molar-refractivity contribution in [3.05, 3.63) is 0 Å². The molecule has 0 aliphatic rings. The summed E-state index contributed by atoms with van der Waals surface area (Å²) in [6.45, 7) is -0.630. The van der Waals surface area contributed by atoms with Gasteiger partial charge in [0.25, 0.3) is 0 Å². The van der Waals surface area contributed by atoms with Gasteiger partial charge in [0, 0.05) is 13.0 Å². The van der Waals surface area contributed by atoms with Crippen molar-refractivity contribution < 1.29 is 33.0 Å². The summed E-state index contributed by atoms with van der Waals surface area (Å²) in [5, 5.41) is 17.9. The highest BCUT2D eigenvalue weighted by Crippen LogP contribution is 2.14. The van der Waals surface area contributed by atoms with Gasteiger partial charge in [0.2, 0.25) is 0 Å². The molecule has 0 saturated carbocycles. The molecule has 0 aromatic carbocycles. The van der Waals surface area contributed by atoms with Crippen molar-refractivity contribution in [2.45, 2.75) is 18.6 Å². The minimum atomic E-state index is -5.12. The normalized spacial score (nSPS) is 13.4. The lowest BCUT2D eigenvalue weighted by Gasteiger charge is -2.14. The number of aliphatic carboxylic acids is 1. The third-order valence-electron chi connectivity index (χ3n) is 1.28. The Morgan fingerprint density at radius 3 is 2.14 bits per heavy atom. The van der Waals surface area contributed by atoms with Crippen molar-refractivity contribution in [1.82, 2.24) is 5.32 Å². The molecule has 8 heteroatoms. The summed E-state index contributed by atoms with van der Waals surface area (Å²) < 4.78 is 34.9. The Balaban J connectivity index is 4.31. The standard InChI is InChI=1S/C6H8F3NO4/c7-6(8,9)5(14)10-3(1-2-11)4(12)13/h3,11H,1-2H2,(H,10,14)(H,12,13)/t3-/m1/s1. The predicted octanol–water partition coefficient (Wildman–Crippen LogP) is -0.499. The molecule has 1 amide bonds. The number of rotatable bonds is 4. The van der Waals surface area contributed by atoms with Crippen molar-refractivity contribution in [3.63, 3.8) is 0 Å². The van der Waals surface area contributed by atoms with E-state index in [1.165, 1.54) is 5.32 Å². The number of halogens is 3. The Morgan fingerprint density at radius 1 is 1.36 bits per heavy atom. The maximum absolute atomic E-state index is 11.6. The number of aliphatic hydroxyl groups is 1. The summed E-state index contributed by atoms with van der Waals surface area (Å²) in [7, 11) is 0. The Hall–Kier alpha value is -1.31. The highest BCUT2D eigenvalue weighted by atomic mass is 19.4. The highest BCUT2D eigenvalue weighted by molar-refractivity contribution is 5.86. The van der Waals surface area contributed by atoms with Gasteiger partial charge in [-0.25, -0.2) is 4.79 Å². The highest BCUT2D eigenvalue weighted by Gasteiger charge is 2.40. The quantitative estimate of drug-likeness (QED) is 0.590. The number of carboxylic acids is 1. The van der Waals surface area contributed by atoms with Crippen LogP contribution in [0.25, 0.3) is 0 Å². The molecule has 0 aliphatic carbocycles. The summed E-state index contributed by atoms with van der Waals surface area (Å²) >= 11 is 0. The Labute approximate surface area is 76.5 Å². The Kier molecular flexibility index (Phi) is 4.35. The monoisotopic (exact) mass is 215 g/mol. The van der Waals surface area contributed by atoms with Crippen LogP contribution in [-0.2, 0) is 9.59 Å². The zero-order chi connectivity index (χ0) is 11.4. The first-order chi connectivity index (χ1) is 6.29. The molecule has 0 saturated heterocycles. The van der Waals surface area contributed by atoms with E-state index >= 15 is 0 Å². The molecule has 0 heterocycles. The van der Waals surface area contributed by atoms with Crippen LogP contribution in [0.15, 0.2) is 0 Å². The molecule has 0 aliphatic heterocycles. The first-order valence-corrected chi connectivity index (χ1v) is 3.50. The van der Waals surface area contributed by atoms with Crippen LogP contribution in [0.2, 0.25) is 0 Å². The topological polar surface area (TPSA) is 86.6 Å². The summed E-state index contributed by atoms with van der Waals surface area (Å²) in [6, 6.07) is -1.73. The van der Waals surface area contributed by atoms with E-state index in [2.05, 4.69) is 0 Å². The fourth-order valence-corrected chi connectivity index (χ4v) is 0.627. The number of carbonyl (C=O) groups excluding carboxylic acids is 1. The molecule has 0 bridgehead atoms. The second-order valence-corrected chi connectivity index (χ2v) is 2.37. The minimum Gasteiger partial charge on any atom is -0.480 e. The largest absolute Gasteiger partial charge is 0.480 e. The Bertz CT molecular complexity index is 228. The second-order valence-electron chi connectivity index (χ2n) is 2.37. The summed E-state index contributed by atoms with van der Waals surface area (Å²) in [4.78, 5) is 20.5. The van der Waals surface area contributed by atoms with Gasteiger partial charge in [-0.2, -0.15) is 13.2 Å². The third-order valence-corrected chi connectivity index (χ3v) is 1.28. The average Bonchev–Trinajstić information content (AvgIpc) is 2.01. The summed E-state index contributed by atoms with van der Waals surface area (Å²) in [5.74, 6) is -3.96. The van der Waals surface area contributed by atoms with Crippen LogP contribution in [-0.4, -0.2) is 40.9 Å². The molecule has 1 atom stereocenters. The number of carbonyl (C=O) groups is 2. The molecule has 82 valence electrons. The Morgan fingerprint density at radius 2 is 1.86 bits per heavy atom. The fourth-order valence-electron chi connectivity index (χ4n) is 0.627. The van der Waals surface area contributed by atoms with Gasteiger partial charge >= 0.3 is 18.1 Å². The molecule has 0 fully saturated rings. The average molecular weight is 215 g/mol. The van der Waals surface area contributed by atoms with Gasteiger partial charge in [-0.1, -0.05) is 0 Å². The number of carboxylic acid groups (broad SMARTS) is 1. The SMILES string of the molecule is O=C(O)[C@@H](CCO)NC(=O)C(F)(F)F. The molecular formula is C6H8F3NO4. The van der Waals surface area contributed by atoms with Crippen molar-refractivity contribution in [2.24, 2.45) is 0 Å². The number of alkyl halides is 3. The van der Waals surface area contributed by atoms with Gasteiger partial charge in [-0.15, -0.1) is 0 Å². The molecule has 14 heavy (non-hydrogen) atoms. The van der Waals surface area contributed by atoms with E-state index in [0.717, 1.165) is 0 Å². The lowest BCUT2D eigenvalue weighted by molar-refractivity contribution is -0.175. The molecule has 0 aromatic rings. The van der Waals surface area contributed by atoms with Crippen molar-refractivity contribution in [2.75, 3.05) is 6.61 Å². The van der Waals surface area contributed by atoms with Crippen LogP contribution in [0.5, 0.6) is 0 Å². The maximum Gasteiger partial charge on any atom is 0.471 e. The lowest BCUT2D eigenvalue weighted by Crippen LogP contribution is -2.47. The van der Waals surface area contributed by atoms with Crippen LogP contribution < -0.4 is 5.32 Å². The summed E-state index contributed by atoms with van der Waals surface area (Å²) in [6.07, 6.45) is -5.60. The van der Waals surface area contributed by atoms with E-state index in [-0.39, 0.29) is 0 Å². The van der Waals surface area contributed by atoms with Crippen LogP contribution in [0.1, 0.15) is 6.42 Å². The van der Waals surface area contributed by atoms with Crippen molar-refractivity contribution in [1.29, 1.82) is 0 Å². The van der Waals surface area contributed by atoms with Gasteiger partial charge in [0.1, 0.15) is 6.04 Å². The van der Waals surface area contributed by atoms with Crippen molar-refractivity contribution >= 4 is 11.9 Å². The zero-order valence-corrected chi connectivity index (χ0v) is 6.84. The lowest BCUT2D eigenvalue weighted by atomic mass is 10.2. The van der Waals surface area contributed by atoms with Gasteiger partial charge < -0.3 is 15.5 Å². The number of nitrogens with one attached hydrogen (secondary N) is 1. The first-order valence-electron chi connectivity index (χ1n) is 3.50.